The van der Waals surface area contributed by atoms with Gasteiger partial charge in [-0.25, -0.2) is 0 Å². The number of nitriles is 1. The number of methoxy groups -OCH3 is 1. The number of nitrogens with zero attached hydrogens (tertiary/aromatic N) is 1. The molecule has 2 aliphatic rings. The van der Waals surface area contributed by atoms with Crippen LogP contribution in [0.1, 0.15) is 66.4 Å². The molecule has 0 radical (unpaired) electrons. The molecule has 0 aliphatic heterocycles. The highest BCUT2D eigenvalue weighted by atomic mass is 16.5. The summed E-state index contributed by atoms with van der Waals surface area (Å²) in [4.78, 5) is 26.2. The van der Waals surface area contributed by atoms with Gasteiger partial charge in [0.05, 0.1) is 19.1 Å². The topological polar surface area (TPSA) is 79.2 Å². The lowest BCUT2D eigenvalue weighted by Gasteiger charge is -2.45. The van der Waals surface area contributed by atoms with Crippen molar-refractivity contribution in [2.75, 3.05) is 7.11 Å². The number of ether oxygens (including phenoxy) is 1. The minimum atomic E-state index is -1.40. The van der Waals surface area contributed by atoms with Gasteiger partial charge in [-0.2, -0.15) is 5.26 Å². The van der Waals surface area contributed by atoms with E-state index in [1.165, 1.54) is 12.7 Å². The smallest absolute Gasteiger partial charge is 0.327 e. The summed E-state index contributed by atoms with van der Waals surface area (Å²) >= 11 is 0. The molecule has 0 spiro atoms. The monoisotopic (exact) mass is 438 g/mol. The molecule has 0 saturated heterocycles. The maximum atomic E-state index is 13.6. The number of amides is 1. The zero-order chi connectivity index (χ0) is 23.9. The van der Waals surface area contributed by atoms with Gasteiger partial charge in [0, 0.05) is 12.0 Å². The molecule has 6 atom stereocenters. The lowest BCUT2D eigenvalue weighted by atomic mass is 9.63. The van der Waals surface area contributed by atoms with Crippen molar-refractivity contribution in [1.82, 2.24) is 5.32 Å². The average Bonchev–Trinajstić information content (AvgIpc) is 3.45. The van der Waals surface area contributed by atoms with Crippen LogP contribution in [0.15, 0.2) is 30.3 Å². The fraction of sp³-hybridized carbons (Fsp3) is 0.667. The summed E-state index contributed by atoms with van der Waals surface area (Å²) in [6, 6.07) is 12.6. The minimum Gasteiger partial charge on any atom is -0.468 e. The maximum absolute atomic E-state index is 13.6. The quantitative estimate of drug-likeness (QED) is 0.666. The van der Waals surface area contributed by atoms with E-state index in [2.05, 4.69) is 56.4 Å². The summed E-state index contributed by atoms with van der Waals surface area (Å²) in [7, 11) is 1.29. The van der Waals surface area contributed by atoms with Crippen LogP contribution in [0.25, 0.3) is 0 Å². The van der Waals surface area contributed by atoms with Crippen LogP contribution in [0.4, 0.5) is 0 Å². The molecule has 32 heavy (non-hydrogen) atoms. The third-order valence-corrected chi connectivity index (χ3v) is 8.01. The molecule has 5 heteroatoms. The van der Waals surface area contributed by atoms with E-state index in [-0.39, 0.29) is 34.6 Å². The molecule has 1 N–H and O–H groups in total. The Morgan fingerprint density at radius 1 is 1.12 bits per heavy atom. The Morgan fingerprint density at radius 3 is 2.28 bits per heavy atom. The van der Waals surface area contributed by atoms with E-state index in [9.17, 15) is 14.9 Å². The van der Waals surface area contributed by atoms with Gasteiger partial charge in [0.25, 0.3) is 0 Å². The first kappa shape index (κ1) is 24.3. The summed E-state index contributed by atoms with van der Waals surface area (Å²) < 4.78 is 4.97. The standard InChI is InChI=1S/C27H38N2O3/c1-17-13-14-19(26(5,6)18-11-9-8-10-12-18)20(15-17)29-23(30)21-22(25(2,3)4)27(21,16-28)24(31)32-7/h8-12,17,19-22H,13-15H2,1-7H3,(H,29,30)/t17-,19-,20-,21-,22-,27?/m1/s1. The van der Waals surface area contributed by atoms with Crippen molar-refractivity contribution in [3.05, 3.63) is 35.9 Å². The summed E-state index contributed by atoms with van der Waals surface area (Å²) in [5.74, 6) is -1.05. The molecular formula is C27H38N2O3. The van der Waals surface area contributed by atoms with Crippen molar-refractivity contribution < 1.29 is 14.3 Å². The van der Waals surface area contributed by atoms with Crippen LogP contribution in [0.2, 0.25) is 0 Å². The maximum Gasteiger partial charge on any atom is 0.327 e. The first-order chi connectivity index (χ1) is 14.9. The molecule has 1 aromatic rings. The van der Waals surface area contributed by atoms with Crippen LogP contribution >= 0.6 is 0 Å². The summed E-state index contributed by atoms with van der Waals surface area (Å²) in [5, 5.41) is 13.3. The molecule has 2 saturated carbocycles. The van der Waals surface area contributed by atoms with Crippen molar-refractivity contribution in [3.63, 3.8) is 0 Å². The van der Waals surface area contributed by atoms with Crippen molar-refractivity contribution in [2.24, 2.45) is 34.5 Å². The number of rotatable bonds is 5. The Labute approximate surface area is 192 Å². The molecule has 0 aromatic heterocycles. The van der Waals surface area contributed by atoms with E-state index in [0.717, 1.165) is 19.3 Å². The largest absolute Gasteiger partial charge is 0.468 e. The highest BCUT2D eigenvalue weighted by molar-refractivity contribution is 5.97. The van der Waals surface area contributed by atoms with E-state index in [1.807, 2.05) is 26.8 Å². The highest BCUT2D eigenvalue weighted by Gasteiger charge is 2.77. The van der Waals surface area contributed by atoms with Crippen LogP contribution < -0.4 is 5.32 Å². The van der Waals surface area contributed by atoms with Crippen LogP contribution in [0, 0.1) is 45.8 Å². The molecule has 2 aliphatic carbocycles. The second-order valence-corrected chi connectivity index (χ2v) is 11.5. The van der Waals surface area contributed by atoms with Gasteiger partial charge in [0.2, 0.25) is 5.91 Å². The van der Waals surface area contributed by atoms with Crippen molar-refractivity contribution in [3.8, 4) is 6.07 Å². The van der Waals surface area contributed by atoms with Crippen LogP contribution in [0.5, 0.6) is 0 Å². The van der Waals surface area contributed by atoms with Gasteiger partial charge < -0.3 is 10.1 Å². The number of hydrogen-bond donors (Lipinski definition) is 1. The predicted molar refractivity (Wildman–Crippen MR) is 124 cm³/mol. The van der Waals surface area contributed by atoms with E-state index < -0.39 is 17.3 Å². The molecule has 1 unspecified atom stereocenters. The first-order valence-corrected chi connectivity index (χ1v) is 11.8. The fourth-order valence-electron chi connectivity index (χ4n) is 6.30. The van der Waals surface area contributed by atoms with Gasteiger partial charge in [0.1, 0.15) is 0 Å². The molecular weight excluding hydrogens is 400 g/mol. The average molecular weight is 439 g/mol. The predicted octanol–water partition coefficient (Wildman–Crippen LogP) is 4.86. The zero-order valence-electron chi connectivity index (χ0n) is 20.6. The number of nitrogens with one attached hydrogen (secondary N) is 1. The normalized spacial score (nSPS) is 32.5. The fourth-order valence-corrected chi connectivity index (χ4v) is 6.30. The summed E-state index contributed by atoms with van der Waals surface area (Å²) in [6.07, 6.45) is 3.06. The lowest BCUT2D eigenvalue weighted by Crippen LogP contribution is -2.51. The van der Waals surface area contributed by atoms with Crippen molar-refractivity contribution in [2.45, 2.75) is 72.3 Å². The van der Waals surface area contributed by atoms with E-state index >= 15 is 0 Å². The molecule has 0 heterocycles. The van der Waals surface area contributed by atoms with Crippen molar-refractivity contribution >= 4 is 11.9 Å². The Balaban J connectivity index is 1.88. The number of carbonyl (C=O) groups is 2. The van der Waals surface area contributed by atoms with Gasteiger partial charge in [-0.15, -0.1) is 0 Å². The summed E-state index contributed by atoms with van der Waals surface area (Å²) in [6.45, 7) is 12.7. The Hall–Kier alpha value is -2.35. The molecule has 1 aromatic carbocycles. The minimum absolute atomic E-state index is 0.00304. The van der Waals surface area contributed by atoms with Gasteiger partial charge in [-0.05, 0) is 41.1 Å². The van der Waals surface area contributed by atoms with E-state index in [1.54, 1.807) is 0 Å². The molecule has 1 amide bonds. The molecule has 0 bridgehead atoms. The van der Waals surface area contributed by atoms with E-state index in [4.69, 9.17) is 4.74 Å². The third kappa shape index (κ3) is 4.05. The Morgan fingerprint density at radius 2 is 1.75 bits per heavy atom. The second kappa shape index (κ2) is 8.54. The Kier molecular flexibility index (Phi) is 6.48. The SMILES string of the molecule is COC(=O)C1(C#N)[C@@H](C(C)(C)C)[C@@H]1C(=O)N[C@@H]1C[C@H](C)CC[C@H]1C(C)(C)c1ccccc1. The number of benzene rings is 1. The lowest BCUT2D eigenvalue weighted by molar-refractivity contribution is -0.147. The van der Waals surface area contributed by atoms with E-state index in [0.29, 0.717) is 5.92 Å². The second-order valence-electron chi connectivity index (χ2n) is 11.5. The van der Waals surface area contributed by atoms with Gasteiger partial charge in [0.15, 0.2) is 5.41 Å². The van der Waals surface area contributed by atoms with Crippen LogP contribution in [-0.2, 0) is 19.7 Å². The zero-order valence-corrected chi connectivity index (χ0v) is 20.6. The Bertz CT molecular complexity index is 896. The van der Waals surface area contributed by atoms with Crippen LogP contribution in [-0.4, -0.2) is 25.0 Å². The number of hydrogen-bond acceptors (Lipinski definition) is 4. The summed E-state index contributed by atoms with van der Waals surface area (Å²) in [5.41, 5.74) is -0.615. The molecule has 3 rings (SSSR count). The number of carbonyl (C=O) groups excluding carboxylic acids is 2. The molecule has 2 fully saturated rings. The third-order valence-electron chi connectivity index (χ3n) is 8.01. The highest BCUT2D eigenvalue weighted by Crippen LogP contribution is 2.66. The van der Waals surface area contributed by atoms with Gasteiger partial charge in [-0.1, -0.05) is 78.3 Å². The van der Waals surface area contributed by atoms with Crippen molar-refractivity contribution in [1.29, 1.82) is 5.26 Å². The first-order valence-electron chi connectivity index (χ1n) is 11.8. The van der Waals surface area contributed by atoms with Gasteiger partial charge >= 0.3 is 5.97 Å². The molecule has 5 nitrogen and oxygen atoms in total. The van der Waals surface area contributed by atoms with Crippen LogP contribution in [0.3, 0.4) is 0 Å². The van der Waals surface area contributed by atoms with Gasteiger partial charge in [-0.3, -0.25) is 9.59 Å². The number of esters is 1. The molecule has 174 valence electrons.